The van der Waals surface area contributed by atoms with Gasteiger partial charge in [-0.25, -0.2) is 0 Å². The fraction of sp³-hybridized carbons (Fsp3) is 0.438. The van der Waals surface area contributed by atoms with E-state index in [2.05, 4.69) is 30.1 Å². The molecule has 0 saturated heterocycles. The minimum atomic E-state index is 0.259. The number of benzene rings is 1. The van der Waals surface area contributed by atoms with Gasteiger partial charge in [-0.3, -0.25) is 4.79 Å². The number of hydrogen-bond acceptors (Lipinski definition) is 1. The highest BCUT2D eigenvalue weighted by atomic mass is 16.1. The number of H-pyrrole nitrogens is 1. The highest BCUT2D eigenvalue weighted by Crippen LogP contribution is 2.21. The Labute approximate surface area is 107 Å². The molecule has 1 aliphatic rings. The van der Waals surface area contributed by atoms with Gasteiger partial charge < -0.3 is 4.98 Å². The summed E-state index contributed by atoms with van der Waals surface area (Å²) in [5.74, 6) is 0. The average Bonchev–Trinajstić information content (AvgIpc) is 2.85. The summed E-state index contributed by atoms with van der Waals surface area (Å²) in [4.78, 5) is 15.9. The molecule has 2 nitrogen and oxygen atoms in total. The number of rotatable bonds is 3. The molecule has 1 aromatic carbocycles. The molecule has 2 aromatic rings. The molecule has 0 unspecified atom stereocenters. The number of aryl methyl sites for hydroxylation is 2. The Morgan fingerprint density at radius 3 is 3.00 bits per heavy atom. The van der Waals surface area contributed by atoms with E-state index in [9.17, 15) is 4.79 Å². The Hall–Kier alpha value is -1.57. The van der Waals surface area contributed by atoms with Crippen LogP contribution >= 0.6 is 0 Å². The lowest BCUT2D eigenvalue weighted by Crippen LogP contribution is -2.10. The smallest absolute Gasteiger partial charge is 0.192 e. The Kier molecular flexibility index (Phi) is 2.94. The Balaban J connectivity index is 2.13. The van der Waals surface area contributed by atoms with Crippen molar-refractivity contribution in [1.29, 1.82) is 0 Å². The number of aromatic nitrogens is 1. The Morgan fingerprint density at radius 2 is 2.17 bits per heavy atom. The second-order valence-electron chi connectivity index (χ2n) is 5.25. The van der Waals surface area contributed by atoms with Crippen molar-refractivity contribution < 1.29 is 0 Å². The van der Waals surface area contributed by atoms with Crippen LogP contribution in [0.3, 0.4) is 0 Å². The van der Waals surface area contributed by atoms with E-state index in [1.807, 2.05) is 0 Å². The van der Waals surface area contributed by atoms with Gasteiger partial charge in [-0.15, -0.1) is 0 Å². The van der Waals surface area contributed by atoms with Gasteiger partial charge in [0.1, 0.15) is 0 Å². The topological polar surface area (TPSA) is 32.9 Å². The van der Waals surface area contributed by atoms with Gasteiger partial charge in [0.05, 0.1) is 0 Å². The maximum Gasteiger partial charge on any atom is 0.192 e. The zero-order valence-corrected chi connectivity index (χ0v) is 10.9. The molecule has 0 aliphatic heterocycles. The van der Waals surface area contributed by atoms with Crippen molar-refractivity contribution in [3.8, 4) is 0 Å². The molecule has 0 amide bonds. The van der Waals surface area contributed by atoms with E-state index in [1.54, 1.807) is 0 Å². The second-order valence-corrected chi connectivity index (χ2v) is 5.25. The van der Waals surface area contributed by atoms with Crippen molar-refractivity contribution in [1.82, 2.24) is 4.98 Å². The maximum atomic E-state index is 12.4. The summed E-state index contributed by atoms with van der Waals surface area (Å²) in [5.41, 5.74) is 4.73. The van der Waals surface area contributed by atoms with Crippen LogP contribution < -0.4 is 5.43 Å². The van der Waals surface area contributed by atoms with Crippen molar-refractivity contribution in [3.63, 3.8) is 0 Å². The van der Waals surface area contributed by atoms with Crippen LogP contribution in [0.25, 0.3) is 10.9 Å². The highest BCUT2D eigenvalue weighted by Gasteiger charge is 2.16. The highest BCUT2D eigenvalue weighted by molar-refractivity contribution is 5.80. The number of pyridine rings is 1. The number of fused-ring (bicyclic) bond motifs is 2. The van der Waals surface area contributed by atoms with Crippen molar-refractivity contribution >= 4 is 10.9 Å². The quantitative estimate of drug-likeness (QED) is 0.878. The van der Waals surface area contributed by atoms with E-state index < -0.39 is 0 Å². The Morgan fingerprint density at radius 1 is 1.28 bits per heavy atom. The zero-order valence-electron chi connectivity index (χ0n) is 10.9. The minimum absolute atomic E-state index is 0.259. The standard InChI is InChI=1S/C16H19NO/c1-2-3-5-11-8-9-15-13(10-11)16(18)12-6-4-7-14(12)17-15/h8-10H,2-7H2,1H3,(H,17,18). The molecule has 0 fully saturated rings. The van der Waals surface area contributed by atoms with Crippen molar-refractivity contribution in [2.24, 2.45) is 0 Å². The van der Waals surface area contributed by atoms with Crippen LogP contribution in [0, 0.1) is 0 Å². The van der Waals surface area contributed by atoms with Gasteiger partial charge >= 0.3 is 0 Å². The molecule has 18 heavy (non-hydrogen) atoms. The van der Waals surface area contributed by atoms with Crippen LogP contribution in [0.2, 0.25) is 0 Å². The molecule has 1 aliphatic carbocycles. The molecule has 2 heteroatoms. The molecule has 0 atom stereocenters. The van der Waals surface area contributed by atoms with Gasteiger partial charge in [-0.05, 0) is 49.8 Å². The second kappa shape index (κ2) is 4.60. The third-order valence-electron chi connectivity index (χ3n) is 3.93. The predicted molar refractivity (Wildman–Crippen MR) is 75.2 cm³/mol. The summed E-state index contributed by atoms with van der Waals surface area (Å²) in [6.45, 7) is 2.20. The van der Waals surface area contributed by atoms with Crippen molar-refractivity contribution in [2.75, 3.05) is 0 Å². The van der Waals surface area contributed by atoms with Gasteiger partial charge in [-0.1, -0.05) is 19.4 Å². The zero-order chi connectivity index (χ0) is 12.5. The molecule has 3 rings (SSSR count). The fourth-order valence-corrected chi connectivity index (χ4v) is 2.88. The first kappa shape index (κ1) is 11.5. The van der Waals surface area contributed by atoms with Crippen LogP contribution in [0.1, 0.15) is 43.0 Å². The van der Waals surface area contributed by atoms with E-state index in [0.29, 0.717) is 0 Å². The van der Waals surface area contributed by atoms with Crippen molar-refractivity contribution in [3.05, 3.63) is 45.2 Å². The summed E-state index contributed by atoms with van der Waals surface area (Å²) in [5, 5.41) is 0.879. The molecule has 1 aromatic heterocycles. The normalized spacial score (nSPS) is 14.1. The predicted octanol–water partition coefficient (Wildman–Crippen LogP) is 3.36. The number of unbranched alkanes of at least 4 members (excludes halogenated alkanes) is 1. The van der Waals surface area contributed by atoms with Gasteiger partial charge in [0.15, 0.2) is 5.43 Å². The minimum Gasteiger partial charge on any atom is -0.358 e. The summed E-state index contributed by atoms with van der Waals surface area (Å²) < 4.78 is 0. The van der Waals surface area contributed by atoms with E-state index in [1.165, 1.54) is 18.4 Å². The van der Waals surface area contributed by atoms with E-state index in [-0.39, 0.29) is 5.43 Å². The van der Waals surface area contributed by atoms with Gasteiger partial charge in [0.25, 0.3) is 0 Å². The summed E-state index contributed by atoms with van der Waals surface area (Å²) in [6.07, 6.45) is 6.54. The molecule has 0 radical (unpaired) electrons. The maximum absolute atomic E-state index is 12.4. The number of nitrogens with one attached hydrogen (secondary N) is 1. The van der Waals surface area contributed by atoms with Crippen LogP contribution in [0.15, 0.2) is 23.0 Å². The summed E-state index contributed by atoms with van der Waals surface area (Å²) in [7, 11) is 0. The lowest BCUT2D eigenvalue weighted by atomic mass is 10.0. The van der Waals surface area contributed by atoms with E-state index in [4.69, 9.17) is 0 Å². The summed E-state index contributed by atoms with van der Waals surface area (Å²) >= 11 is 0. The number of aromatic amines is 1. The molecular weight excluding hydrogens is 222 g/mol. The molecule has 1 heterocycles. The van der Waals surface area contributed by atoms with Crippen LogP contribution in [0.5, 0.6) is 0 Å². The first-order chi connectivity index (χ1) is 8.79. The van der Waals surface area contributed by atoms with Crippen LogP contribution in [0.4, 0.5) is 0 Å². The first-order valence-corrected chi connectivity index (χ1v) is 6.96. The van der Waals surface area contributed by atoms with Gasteiger partial charge in [0, 0.05) is 22.2 Å². The van der Waals surface area contributed by atoms with Gasteiger partial charge in [0.2, 0.25) is 0 Å². The molecule has 0 bridgehead atoms. The molecule has 1 N–H and O–H groups in total. The van der Waals surface area contributed by atoms with Gasteiger partial charge in [-0.2, -0.15) is 0 Å². The molecular formula is C16H19NO. The lowest BCUT2D eigenvalue weighted by Gasteiger charge is -2.06. The lowest BCUT2D eigenvalue weighted by molar-refractivity contribution is 0.796. The fourth-order valence-electron chi connectivity index (χ4n) is 2.88. The SMILES string of the molecule is CCCCc1ccc2[nH]c3c(c(=O)c2c1)CCC3. The van der Waals surface area contributed by atoms with Crippen molar-refractivity contribution in [2.45, 2.75) is 45.4 Å². The first-order valence-electron chi connectivity index (χ1n) is 6.96. The van der Waals surface area contributed by atoms with E-state index in [0.717, 1.165) is 47.8 Å². The Bertz CT molecular complexity index is 639. The third kappa shape index (κ3) is 1.86. The average molecular weight is 241 g/mol. The monoisotopic (exact) mass is 241 g/mol. The third-order valence-corrected chi connectivity index (χ3v) is 3.93. The summed E-state index contributed by atoms with van der Waals surface area (Å²) in [6, 6.07) is 6.30. The molecule has 94 valence electrons. The van der Waals surface area contributed by atoms with E-state index >= 15 is 0 Å². The molecule has 0 saturated carbocycles. The number of hydrogen-bond donors (Lipinski definition) is 1. The van der Waals surface area contributed by atoms with Crippen LogP contribution in [-0.4, -0.2) is 4.98 Å². The molecule has 0 spiro atoms. The van der Waals surface area contributed by atoms with Crippen LogP contribution in [-0.2, 0) is 19.3 Å². The largest absolute Gasteiger partial charge is 0.358 e.